The van der Waals surface area contributed by atoms with Crippen LogP contribution in [0.15, 0.2) is 30.3 Å². The number of alkyl halides is 2. The number of likely N-dealkylation sites (tertiary alicyclic amines) is 1. The minimum Gasteiger partial charge on any atom is -0.378 e. The number of halogens is 2. The monoisotopic (exact) mass is 883 g/mol. The summed E-state index contributed by atoms with van der Waals surface area (Å²) in [4.78, 5) is 37.7. The van der Waals surface area contributed by atoms with Crippen molar-refractivity contribution in [1.82, 2.24) is 29.8 Å². The molecule has 1 aromatic carbocycles. The summed E-state index contributed by atoms with van der Waals surface area (Å²) >= 11 is 0. The molecule has 3 N–H and O–H groups in total. The highest BCUT2D eigenvalue weighted by Crippen LogP contribution is 2.40. The fourth-order valence-corrected chi connectivity index (χ4v) is 10.0. The molecule has 5 fully saturated rings. The third kappa shape index (κ3) is 14.7. The second kappa shape index (κ2) is 24.7. The molecule has 5 aliphatic rings. The van der Waals surface area contributed by atoms with Crippen LogP contribution in [-0.4, -0.2) is 184 Å². The third-order valence-electron chi connectivity index (χ3n) is 13.7. The van der Waals surface area contributed by atoms with Gasteiger partial charge in [-0.3, -0.25) is 30.2 Å². The first kappa shape index (κ1) is 48.9. The fraction of sp³-hybridized carbons (Fsp3) is 0.745. The number of benzene rings is 1. The van der Waals surface area contributed by atoms with Gasteiger partial charge in [0.2, 0.25) is 17.7 Å². The highest BCUT2D eigenvalue weighted by atomic mass is 19.3. The number of terminal acetylenes is 1. The molecule has 2 bridgehead atoms. The quantitative estimate of drug-likeness (QED) is 0.0588. The molecule has 4 heterocycles. The summed E-state index contributed by atoms with van der Waals surface area (Å²) in [6, 6.07) is 10.4. The summed E-state index contributed by atoms with van der Waals surface area (Å²) in [7, 11) is 0. The highest BCUT2D eigenvalue weighted by Gasteiger charge is 2.46. The lowest BCUT2D eigenvalue weighted by Crippen LogP contribution is -2.60. The number of amides is 2. The molecule has 4 aliphatic heterocycles. The predicted molar refractivity (Wildman–Crippen MR) is 238 cm³/mol. The van der Waals surface area contributed by atoms with Crippen LogP contribution in [0.5, 0.6) is 0 Å². The standard InChI is InChI=1S/C47H72F2N8O6/c1-3-24-60-26-28-62-30-31-63-29-27-61-25-23-54-21-19-53(20-22-54)17-14-44(58)55-34-39(35-55)45(51)57(36(2)50)42-32-40-9-10-41(33-42)56(40)18-13-43(37-7-5-4-6-8-37)52-46(59)38-11-15-47(48,49)16-12-38/h1,4-8,38-43,50-51H,9-35H2,2H3,(H,52,59)/t40?,41?,42?,43-/m0/s1. The molecule has 1 saturated carbocycles. The molecular weight excluding hydrogens is 811 g/mol. The van der Waals surface area contributed by atoms with E-state index in [1.165, 1.54) is 0 Å². The first-order valence-electron chi connectivity index (χ1n) is 23.4. The van der Waals surface area contributed by atoms with Crippen molar-refractivity contribution in [2.45, 2.75) is 101 Å². The van der Waals surface area contributed by atoms with E-state index in [-0.39, 0.29) is 61.4 Å². The first-order valence-corrected chi connectivity index (χ1v) is 23.4. The number of carbonyl (C=O) groups excluding carboxylic acids is 2. The molecule has 1 aliphatic carbocycles. The zero-order valence-electron chi connectivity index (χ0n) is 37.5. The van der Waals surface area contributed by atoms with Crippen molar-refractivity contribution in [3.05, 3.63) is 35.9 Å². The summed E-state index contributed by atoms with van der Waals surface area (Å²) in [5, 5.41) is 21.2. The summed E-state index contributed by atoms with van der Waals surface area (Å²) in [6.45, 7) is 13.0. The summed E-state index contributed by atoms with van der Waals surface area (Å²) in [5.41, 5.74) is 1.02. The zero-order valence-corrected chi connectivity index (χ0v) is 37.5. The Balaban J connectivity index is 0.853. The van der Waals surface area contributed by atoms with Crippen molar-refractivity contribution < 1.29 is 37.3 Å². The number of fused-ring (bicyclic) bond motifs is 2. The van der Waals surface area contributed by atoms with Gasteiger partial charge >= 0.3 is 0 Å². The van der Waals surface area contributed by atoms with E-state index in [9.17, 15) is 23.8 Å². The summed E-state index contributed by atoms with van der Waals surface area (Å²) < 4.78 is 49.5. The Bertz CT molecular complexity index is 1630. The zero-order chi connectivity index (χ0) is 44.6. The highest BCUT2D eigenvalue weighted by molar-refractivity contribution is 5.99. The van der Waals surface area contributed by atoms with Crippen molar-refractivity contribution in [2.75, 3.05) is 112 Å². The molecule has 63 heavy (non-hydrogen) atoms. The Hall–Kier alpha value is -3.56. The number of nitrogens with one attached hydrogen (secondary N) is 3. The maximum absolute atomic E-state index is 13.8. The van der Waals surface area contributed by atoms with Gasteiger partial charge in [-0.05, 0) is 57.4 Å². The molecule has 1 aromatic rings. The number of hydrogen-bond acceptors (Lipinski definition) is 11. The van der Waals surface area contributed by atoms with Crippen molar-refractivity contribution in [2.24, 2.45) is 11.8 Å². The number of nitrogens with zero attached hydrogens (tertiary/aromatic N) is 5. The maximum atomic E-state index is 13.8. The lowest BCUT2D eigenvalue weighted by Gasteiger charge is -2.48. The molecule has 4 saturated heterocycles. The number of hydrogen-bond donors (Lipinski definition) is 3. The van der Waals surface area contributed by atoms with Gasteiger partial charge in [0.25, 0.3) is 0 Å². The van der Waals surface area contributed by atoms with Gasteiger partial charge in [0.05, 0.1) is 64.0 Å². The van der Waals surface area contributed by atoms with E-state index in [1.54, 1.807) is 6.92 Å². The van der Waals surface area contributed by atoms with Crippen LogP contribution >= 0.6 is 0 Å². The summed E-state index contributed by atoms with van der Waals surface area (Å²) in [6.07, 6.45) is 10.1. The lowest BCUT2D eigenvalue weighted by atomic mass is 9.86. The van der Waals surface area contributed by atoms with Crippen molar-refractivity contribution in [3.8, 4) is 12.3 Å². The Labute approximate surface area is 373 Å². The maximum Gasteiger partial charge on any atom is 0.248 e. The second-order valence-electron chi connectivity index (χ2n) is 18.0. The minimum absolute atomic E-state index is 0.0641. The van der Waals surface area contributed by atoms with Crippen molar-refractivity contribution >= 4 is 23.5 Å². The Morgan fingerprint density at radius 3 is 1.98 bits per heavy atom. The van der Waals surface area contributed by atoms with Crippen LogP contribution in [0.2, 0.25) is 0 Å². The van der Waals surface area contributed by atoms with Gasteiger partial charge in [-0.1, -0.05) is 36.3 Å². The van der Waals surface area contributed by atoms with Crippen LogP contribution in [0.4, 0.5) is 8.78 Å². The molecule has 350 valence electrons. The van der Waals surface area contributed by atoms with Gasteiger partial charge in [0.15, 0.2) is 0 Å². The average molecular weight is 883 g/mol. The largest absolute Gasteiger partial charge is 0.378 e. The Morgan fingerprint density at radius 1 is 0.825 bits per heavy atom. The molecule has 3 atom stereocenters. The van der Waals surface area contributed by atoms with Crippen LogP contribution in [0.3, 0.4) is 0 Å². The first-order chi connectivity index (χ1) is 30.5. The van der Waals surface area contributed by atoms with E-state index in [1.807, 2.05) is 40.1 Å². The molecule has 0 radical (unpaired) electrons. The SMILES string of the molecule is C#CCOCCOCCOCCOCCN1CCN(CCC(=O)N2CC(C(=N)N(C(C)=N)C3CC4CCC(C3)N4CC[C@H](NC(=O)C3CCC(F)(F)CC3)c3ccccc3)C2)CC1. The van der Waals surface area contributed by atoms with E-state index in [0.717, 1.165) is 83.5 Å². The van der Waals surface area contributed by atoms with Gasteiger partial charge in [0.1, 0.15) is 12.4 Å². The van der Waals surface area contributed by atoms with E-state index in [2.05, 4.69) is 25.9 Å². The number of ether oxygens (including phenoxy) is 4. The van der Waals surface area contributed by atoms with Crippen molar-refractivity contribution in [1.29, 1.82) is 10.8 Å². The molecular formula is C47H72F2N8O6. The van der Waals surface area contributed by atoms with Crippen LogP contribution < -0.4 is 5.32 Å². The molecule has 16 heteroatoms. The van der Waals surface area contributed by atoms with Crippen LogP contribution in [0, 0.1) is 35.0 Å². The predicted octanol–water partition coefficient (Wildman–Crippen LogP) is 4.50. The number of piperazine rings is 1. The van der Waals surface area contributed by atoms with Crippen LogP contribution in [0.25, 0.3) is 0 Å². The third-order valence-corrected chi connectivity index (χ3v) is 13.7. The molecule has 2 amide bonds. The Morgan fingerprint density at radius 2 is 1.40 bits per heavy atom. The van der Waals surface area contributed by atoms with Crippen molar-refractivity contribution in [3.63, 3.8) is 0 Å². The topological polar surface area (TPSA) is 147 Å². The lowest BCUT2D eigenvalue weighted by molar-refractivity contribution is -0.136. The Kier molecular flexibility index (Phi) is 19.1. The second-order valence-corrected chi connectivity index (χ2v) is 18.0. The van der Waals surface area contributed by atoms with E-state index < -0.39 is 5.92 Å². The molecule has 6 rings (SSSR count). The average Bonchev–Trinajstić information content (AvgIpc) is 3.49. The number of amidine groups is 2. The number of piperidine rings is 1. The van der Waals surface area contributed by atoms with Gasteiger partial charge in [-0.25, -0.2) is 8.78 Å². The van der Waals surface area contributed by atoms with Gasteiger partial charge in [0, 0.05) is 102 Å². The smallest absolute Gasteiger partial charge is 0.248 e. The number of rotatable bonds is 24. The van der Waals surface area contributed by atoms with Gasteiger partial charge in [-0.15, -0.1) is 6.42 Å². The normalized spacial score (nSPS) is 23.8. The van der Waals surface area contributed by atoms with E-state index >= 15 is 0 Å². The molecule has 14 nitrogen and oxygen atoms in total. The van der Waals surface area contributed by atoms with E-state index in [4.69, 9.17) is 30.8 Å². The van der Waals surface area contributed by atoms with Gasteiger partial charge < -0.3 is 39.0 Å². The van der Waals surface area contributed by atoms with E-state index in [0.29, 0.717) is 96.1 Å². The van der Waals surface area contributed by atoms with Crippen LogP contribution in [0.1, 0.15) is 82.7 Å². The number of carbonyl (C=O) groups is 2. The molecule has 0 spiro atoms. The fourth-order valence-electron chi connectivity index (χ4n) is 10.0. The summed E-state index contributed by atoms with van der Waals surface area (Å²) in [5.74, 6) is 0.127. The van der Waals surface area contributed by atoms with Crippen LogP contribution in [-0.2, 0) is 28.5 Å². The molecule has 2 unspecified atom stereocenters. The minimum atomic E-state index is -2.67. The molecule has 0 aromatic heterocycles. The van der Waals surface area contributed by atoms with Gasteiger partial charge in [-0.2, -0.15) is 0 Å².